The van der Waals surface area contributed by atoms with Crippen molar-refractivity contribution in [3.63, 3.8) is 0 Å². The van der Waals surface area contributed by atoms with E-state index in [1.165, 1.54) is 9.87 Å². The van der Waals surface area contributed by atoms with Gasteiger partial charge >= 0.3 is 0 Å². The smallest absolute Gasteiger partial charge is 0.243 e. The zero-order valence-electron chi connectivity index (χ0n) is 19.8. The maximum Gasteiger partial charge on any atom is 0.243 e. The fourth-order valence-corrected chi connectivity index (χ4v) is 6.46. The highest BCUT2D eigenvalue weighted by Crippen LogP contribution is 2.44. The van der Waals surface area contributed by atoms with Gasteiger partial charge in [-0.3, -0.25) is 4.79 Å². The molecular formula is C26H34N2O5S. The molecule has 0 bridgehead atoms. The SMILES string of the molecule is COc1ccccc1C1(CNC(=O)CCc2ccc(S(=O)(=O)N3CCOCC3)cc2)CCCC1. The Morgan fingerprint density at radius 2 is 1.74 bits per heavy atom. The lowest BCUT2D eigenvalue weighted by atomic mass is 9.78. The molecule has 1 saturated heterocycles. The Balaban J connectivity index is 1.33. The van der Waals surface area contributed by atoms with E-state index in [2.05, 4.69) is 11.4 Å². The molecule has 2 aliphatic rings. The number of methoxy groups -OCH3 is 1. The summed E-state index contributed by atoms with van der Waals surface area (Å²) in [6.07, 6.45) is 5.28. The van der Waals surface area contributed by atoms with Crippen LogP contribution in [0.3, 0.4) is 0 Å². The van der Waals surface area contributed by atoms with E-state index in [1.807, 2.05) is 18.2 Å². The molecule has 8 heteroatoms. The molecule has 0 spiro atoms. The Morgan fingerprint density at radius 3 is 2.41 bits per heavy atom. The second-order valence-electron chi connectivity index (χ2n) is 9.12. The third-order valence-corrected chi connectivity index (χ3v) is 8.95. The summed E-state index contributed by atoms with van der Waals surface area (Å²) in [7, 11) is -1.81. The zero-order valence-corrected chi connectivity index (χ0v) is 20.6. The van der Waals surface area contributed by atoms with Crippen LogP contribution in [0.2, 0.25) is 0 Å². The third kappa shape index (κ3) is 5.45. The summed E-state index contributed by atoms with van der Waals surface area (Å²) in [5.41, 5.74) is 2.03. The van der Waals surface area contributed by atoms with Crippen molar-refractivity contribution in [1.29, 1.82) is 0 Å². The highest BCUT2D eigenvalue weighted by Gasteiger charge is 2.38. The highest BCUT2D eigenvalue weighted by atomic mass is 32.2. The quantitative estimate of drug-likeness (QED) is 0.588. The summed E-state index contributed by atoms with van der Waals surface area (Å²) < 4.78 is 37.8. The first-order valence-electron chi connectivity index (χ1n) is 12.0. The monoisotopic (exact) mass is 486 g/mol. The predicted molar refractivity (Wildman–Crippen MR) is 130 cm³/mol. The first kappa shape index (κ1) is 24.7. The molecular weight excluding hydrogens is 452 g/mol. The van der Waals surface area contributed by atoms with Gasteiger partial charge in [-0.15, -0.1) is 0 Å². The van der Waals surface area contributed by atoms with Gasteiger partial charge in [0, 0.05) is 37.0 Å². The molecule has 0 unspecified atom stereocenters. The predicted octanol–water partition coefficient (Wildman–Crippen LogP) is 3.28. The number of morpholine rings is 1. The summed E-state index contributed by atoms with van der Waals surface area (Å²) in [4.78, 5) is 13.0. The Hall–Kier alpha value is -2.42. The summed E-state index contributed by atoms with van der Waals surface area (Å²) in [5.74, 6) is 0.886. The van der Waals surface area contributed by atoms with Gasteiger partial charge in [-0.25, -0.2) is 8.42 Å². The summed E-state index contributed by atoms with van der Waals surface area (Å²) in [6, 6.07) is 15.0. The van der Waals surface area contributed by atoms with E-state index >= 15 is 0 Å². The molecule has 1 heterocycles. The molecule has 2 aromatic rings. The second-order valence-corrected chi connectivity index (χ2v) is 11.1. The fraction of sp³-hybridized carbons (Fsp3) is 0.500. The average molecular weight is 487 g/mol. The fourth-order valence-electron chi connectivity index (χ4n) is 5.05. The molecule has 2 fully saturated rings. The van der Waals surface area contributed by atoms with E-state index in [9.17, 15) is 13.2 Å². The van der Waals surface area contributed by atoms with Gasteiger partial charge in [-0.1, -0.05) is 43.2 Å². The van der Waals surface area contributed by atoms with Crippen LogP contribution in [0.25, 0.3) is 0 Å². The maximum atomic E-state index is 12.8. The molecule has 1 amide bonds. The molecule has 0 aromatic heterocycles. The van der Waals surface area contributed by atoms with Crippen LogP contribution in [0.5, 0.6) is 5.75 Å². The molecule has 184 valence electrons. The highest BCUT2D eigenvalue weighted by molar-refractivity contribution is 7.89. The number of amides is 1. The number of carbonyl (C=O) groups excluding carboxylic acids is 1. The number of rotatable bonds is 9. The molecule has 34 heavy (non-hydrogen) atoms. The van der Waals surface area contributed by atoms with Crippen molar-refractivity contribution in [2.45, 2.75) is 48.8 Å². The molecule has 0 radical (unpaired) electrons. The average Bonchev–Trinajstić information content (AvgIpc) is 3.37. The Morgan fingerprint density at radius 1 is 1.06 bits per heavy atom. The van der Waals surface area contributed by atoms with E-state index in [0.29, 0.717) is 45.7 Å². The van der Waals surface area contributed by atoms with Crippen LogP contribution in [0.1, 0.15) is 43.2 Å². The van der Waals surface area contributed by atoms with Crippen LogP contribution in [0.15, 0.2) is 53.4 Å². The Labute approximate surface area is 202 Å². The van der Waals surface area contributed by atoms with Gasteiger partial charge in [0.05, 0.1) is 25.2 Å². The van der Waals surface area contributed by atoms with Gasteiger partial charge in [0.25, 0.3) is 0 Å². The number of ether oxygens (including phenoxy) is 2. The van der Waals surface area contributed by atoms with Crippen molar-refractivity contribution in [2.24, 2.45) is 0 Å². The third-order valence-electron chi connectivity index (χ3n) is 7.03. The number of sulfonamides is 1. The molecule has 7 nitrogen and oxygen atoms in total. The molecule has 0 atom stereocenters. The van der Waals surface area contributed by atoms with Crippen LogP contribution in [-0.2, 0) is 31.4 Å². The largest absolute Gasteiger partial charge is 0.496 e. The van der Waals surface area contributed by atoms with Crippen LogP contribution in [0.4, 0.5) is 0 Å². The lowest BCUT2D eigenvalue weighted by molar-refractivity contribution is -0.121. The van der Waals surface area contributed by atoms with Crippen molar-refractivity contribution < 1.29 is 22.7 Å². The normalized spacial score (nSPS) is 18.5. The second kappa shape index (κ2) is 10.9. The van der Waals surface area contributed by atoms with Gasteiger partial charge in [0.2, 0.25) is 15.9 Å². The van der Waals surface area contributed by atoms with Gasteiger partial charge in [-0.05, 0) is 43.0 Å². The number of hydrogen-bond donors (Lipinski definition) is 1. The van der Waals surface area contributed by atoms with E-state index in [0.717, 1.165) is 37.0 Å². The lowest BCUT2D eigenvalue weighted by Crippen LogP contribution is -2.40. The van der Waals surface area contributed by atoms with Crippen LogP contribution in [0, 0.1) is 0 Å². The van der Waals surface area contributed by atoms with Crippen molar-refractivity contribution in [3.8, 4) is 5.75 Å². The summed E-state index contributed by atoms with van der Waals surface area (Å²) >= 11 is 0. The molecule has 4 rings (SSSR count). The lowest BCUT2D eigenvalue weighted by Gasteiger charge is -2.31. The van der Waals surface area contributed by atoms with E-state index < -0.39 is 10.0 Å². The van der Waals surface area contributed by atoms with E-state index in [4.69, 9.17) is 9.47 Å². The topological polar surface area (TPSA) is 84.9 Å². The first-order valence-corrected chi connectivity index (χ1v) is 13.5. The number of aryl methyl sites for hydroxylation is 1. The van der Waals surface area contributed by atoms with Crippen molar-refractivity contribution >= 4 is 15.9 Å². The first-order chi connectivity index (χ1) is 16.4. The molecule has 1 N–H and O–H groups in total. The maximum absolute atomic E-state index is 12.8. The van der Waals surface area contributed by atoms with Crippen molar-refractivity contribution in [2.75, 3.05) is 40.0 Å². The van der Waals surface area contributed by atoms with E-state index in [-0.39, 0.29) is 16.2 Å². The number of para-hydroxylation sites is 1. The number of benzene rings is 2. The molecule has 1 aliphatic heterocycles. The Kier molecular flexibility index (Phi) is 7.91. The Bertz CT molecular complexity index is 1070. The van der Waals surface area contributed by atoms with Crippen molar-refractivity contribution in [3.05, 3.63) is 59.7 Å². The minimum atomic E-state index is -3.50. The summed E-state index contributed by atoms with van der Waals surface area (Å²) in [5, 5.41) is 3.16. The van der Waals surface area contributed by atoms with Gasteiger partial charge in [0.1, 0.15) is 5.75 Å². The van der Waals surface area contributed by atoms with Crippen LogP contribution < -0.4 is 10.1 Å². The zero-order chi connectivity index (χ0) is 24.0. The van der Waals surface area contributed by atoms with Gasteiger partial charge in [-0.2, -0.15) is 4.31 Å². The minimum absolute atomic E-state index is 0.00573. The number of nitrogens with one attached hydrogen (secondary N) is 1. The van der Waals surface area contributed by atoms with Gasteiger partial charge in [0.15, 0.2) is 0 Å². The van der Waals surface area contributed by atoms with Crippen LogP contribution in [-0.4, -0.2) is 58.6 Å². The molecule has 1 saturated carbocycles. The number of hydrogen-bond acceptors (Lipinski definition) is 5. The van der Waals surface area contributed by atoms with Gasteiger partial charge < -0.3 is 14.8 Å². The number of nitrogens with zero attached hydrogens (tertiary/aromatic N) is 1. The van der Waals surface area contributed by atoms with Crippen LogP contribution >= 0.6 is 0 Å². The number of carbonyl (C=O) groups is 1. The summed E-state index contributed by atoms with van der Waals surface area (Å²) in [6.45, 7) is 2.19. The standard InChI is InChI=1S/C26H34N2O5S/c1-32-24-7-3-2-6-23(24)26(14-4-5-15-26)20-27-25(29)13-10-21-8-11-22(12-9-21)34(30,31)28-16-18-33-19-17-28/h2-3,6-9,11-12H,4-5,10,13-20H2,1H3,(H,27,29). The minimum Gasteiger partial charge on any atom is -0.496 e. The van der Waals surface area contributed by atoms with E-state index in [1.54, 1.807) is 31.4 Å². The molecule has 1 aliphatic carbocycles. The molecule has 2 aromatic carbocycles. The van der Waals surface area contributed by atoms with Crippen molar-refractivity contribution in [1.82, 2.24) is 9.62 Å².